The van der Waals surface area contributed by atoms with Crippen molar-refractivity contribution in [2.24, 2.45) is 5.73 Å². The number of fused-ring (bicyclic) bond motifs is 1. The highest BCUT2D eigenvalue weighted by Crippen LogP contribution is 2.25. The zero-order valence-corrected chi connectivity index (χ0v) is 14.3. The number of aromatic nitrogens is 2. The predicted octanol–water partition coefficient (Wildman–Crippen LogP) is 4.01. The molecule has 2 N–H and O–H groups in total. The van der Waals surface area contributed by atoms with Gasteiger partial charge in [-0.05, 0) is 43.3 Å². The van der Waals surface area contributed by atoms with Gasteiger partial charge in [0.1, 0.15) is 11.6 Å². The molecule has 0 unspecified atom stereocenters. The Bertz CT molecular complexity index is 1020. The summed E-state index contributed by atoms with van der Waals surface area (Å²) in [6.07, 6.45) is -2.02. The first-order valence-corrected chi connectivity index (χ1v) is 8.29. The fraction of sp³-hybridized carbons (Fsp3) is 0.222. The quantitative estimate of drug-likeness (QED) is 0.726. The molecule has 3 rings (SSSR count). The van der Waals surface area contributed by atoms with Crippen LogP contribution in [-0.2, 0) is 6.42 Å². The fourth-order valence-electron chi connectivity index (χ4n) is 2.78. The van der Waals surface area contributed by atoms with Crippen molar-refractivity contribution in [3.05, 3.63) is 69.0 Å². The number of benzene rings is 2. The summed E-state index contributed by atoms with van der Waals surface area (Å²) in [5, 5.41) is 0.332. The number of rotatable bonds is 5. The summed E-state index contributed by atoms with van der Waals surface area (Å²) in [7, 11) is 0. The lowest BCUT2D eigenvalue weighted by Crippen LogP contribution is -2.25. The van der Waals surface area contributed by atoms with E-state index >= 15 is 0 Å². The van der Waals surface area contributed by atoms with Gasteiger partial charge in [0.05, 0.1) is 21.6 Å². The molecule has 2 aromatic carbocycles. The van der Waals surface area contributed by atoms with Crippen LogP contribution in [0.5, 0.6) is 0 Å². The third-order valence-electron chi connectivity index (χ3n) is 3.94. The Morgan fingerprint density at radius 1 is 1.23 bits per heavy atom. The highest BCUT2D eigenvalue weighted by molar-refractivity contribution is 6.35. The lowest BCUT2D eigenvalue weighted by atomic mass is 10.1. The summed E-state index contributed by atoms with van der Waals surface area (Å²) in [6, 6.07) is 7.66. The first kappa shape index (κ1) is 18.4. The molecule has 3 aromatic rings. The second-order valence-corrected chi connectivity index (χ2v) is 6.15. The SMILES string of the molecule is NCCCc1nc2cccc(Cl)c2c(=O)n1-c1cc(F)cc(C(F)F)c1. The van der Waals surface area contributed by atoms with E-state index in [0.717, 1.165) is 22.8 Å². The molecular weight excluding hydrogens is 367 g/mol. The van der Waals surface area contributed by atoms with E-state index in [-0.39, 0.29) is 16.1 Å². The van der Waals surface area contributed by atoms with Crippen molar-refractivity contribution >= 4 is 22.5 Å². The molecule has 0 aliphatic heterocycles. The maximum Gasteiger partial charge on any atom is 0.267 e. The maximum atomic E-state index is 13.9. The first-order chi connectivity index (χ1) is 12.4. The lowest BCUT2D eigenvalue weighted by Gasteiger charge is -2.15. The number of hydrogen-bond donors (Lipinski definition) is 1. The van der Waals surface area contributed by atoms with E-state index in [1.807, 2.05) is 0 Å². The molecule has 0 atom stereocenters. The minimum atomic E-state index is -2.87. The molecule has 0 fully saturated rings. The largest absolute Gasteiger partial charge is 0.330 e. The van der Waals surface area contributed by atoms with Crippen molar-refractivity contribution in [2.45, 2.75) is 19.3 Å². The average molecular weight is 382 g/mol. The van der Waals surface area contributed by atoms with Gasteiger partial charge in [0, 0.05) is 12.0 Å². The number of halogens is 4. The van der Waals surface area contributed by atoms with E-state index < -0.39 is 23.4 Å². The van der Waals surface area contributed by atoms with E-state index in [9.17, 15) is 18.0 Å². The summed E-state index contributed by atoms with van der Waals surface area (Å²) >= 11 is 6.12. The van der Waals surface area contributed by atoms with Crippen LogP contribution in [0.4, 0.5) is 13.2 Å². The Balaban J connectivity index is 2.35. The lowest BCUT2D eigenvalue weighted by molar-refractivity contribution is 0.151. The van der Waals surface area contributed by atoms with Gasteiger partial charge >= 0.3 is 0 Å². The van der Waals surface area contributed by atoms with Crippen LogP contribution in [-0.4, -0.2) is 16.1 Å². The highest BCUT2D eigenvalue weighted by Gasteiger charge is 2.17. The second kappa shape index (κ2) is 7.47. The fourth-order valence-corrected chi connectivity index (χ4v) is 3.03. The van der Waals surface area contributed by atoms with E-state index in [4.69, 9.17) is 17.3 Å². The van der Waals surface area contributed by atoms with Crippen LogP contribution < -0.4 is 11.3 Å². The zero-order chi connectivity index (χ0) is 18.8. The molecule has 0 spiro atoms. The number of alkyl halides is 2. The van der Waals surface area contributed by atoms with Gasteiger partial charge in [-0.2, -0.15) is 0 Å². The Labute approximate surface area is 152 Å². The highest BCUT2D eigenvalue weighted by atomic mass is 35.5. The van der Waals surface area contributed by atoms with Crippen LogP contribution in [0, 0.1) is 5.82 Å². The Morgan fingerprint density at radius 2 is 2.00 bits per heavy atom. The summed E-state index contributed by atoms with van der Waals surface area (Å²) in [6.45, 7) is 0.356. The number of aryl methyl sites for hydroxylation is 1. The monoisotopic (exact) mass is 381 g/mol. The molecule has 0 saturated heterocycles. The third kappa shape index (κ3) is 3.45. The molecule has 0 aliphatic rings. The minimum Gasteiger partial charge on any atom is -0.330 e. The van der Waals surface area contributed by atoms with Gasteiger partial charge in [0.2, 0.25) is 0 Å². The summed E-state index contributed by atoms with van der Waals surface area (Å²) in [5.41, 5.74) is 4.84. The van der Waals surface area contributed by atoms with Crippen molar-refractivity contribution in [1.29, 1.82) is 0 Å². The molecule has 1 aromatic heterocycles. The van der Waals surface area contributed by atoms with E-state index in [2.05, 4.69) is 4.98 Å². The molecule has 1 heterocycles. The summed E-state index contributed by atoms with van der Waals surface area (Å²) in [5.74, 6) is -0.560. The standard InChI is InChI=1S/C18H15ClF3N3O/c19-13-3-1-4-14-16(13)18(26)25(15(24-14)5-2-6-23)12-8-10(17(21)22)7-11(20)9-12/h1,3-4,7-9,17H,2,5-6,23H2. The van der Waals surface area contributed by atoms with Gasteiger partial charge in [0.15, 0.2) is 0 Å². The van der Waals surface area contributed by atoms with Crippen LogP contribution in [0.2, 0.25) is 5.02 Å². The summed E-state index contributed by atoms with van der Waals surface area (Å²) < 4.78 is 41.1. The molecule has 0 amide bonds. The number of hydrogen-bond acceptors (Lipinski definition) is 3. The Kier molecular flexibility index (Phi) is 5.29. The van der Waals surface area contributed by atoms with Gasteiger partial charge in [0.25, 0.3) is 12.0 Å². The van der Waals surface area contributed by atoms with Gasteiger partial charge < -0.3 is 5.73 Å². The van der Waals surface area contributed by atoms with Crippen molar-refractivity contribution in [2.75, 3.05) is 6.54 Å². The normalized spacial score (nSPS) is 11.5. The van der Waals surface area contributed by atoms with E-state index in [1.165, 1.54) is 6.07 Å². The number of nitrogens with zero attached hydrogens (tertiary/aromatic N) is 2. The second-order valence-electron chi connectivity index (χ2n) is 5.74. The molecule has 0 aliphatic carbocycles. The molecular formula is C18H15ClF3N3O. The van der Waals surface area contributed by atoms with Gasteiger partial charge in [-0.1, -0.05) is 17.7 Å². The molecule has 4 nitrogen and oxygen atoms in total. The first-order valence-electron chi connectivity index (χ1n) is 7.91. The predicted molar refractivity (Wildman–Crippen MR) is 94.6 cm³/mol. The van der Waals surface area contributed by atoms with Crippen LogP contribution in [0.3, 0.4) is 0 Å². The minimum absolute atomic E-state index is 0.0216. The van der Waals surface area contributed by atoms with Crippen LogP contribution in [0.25, 0.3) is 16.6 Å². The zero-order valence-electron chi connectivity index (χ0n) is 13.6. The molecule has 136 valence electrons. The summed E-state index contributed by atoms with van der Waals surface area (Å²) in [4.78, 5) is 17.5. The molecule has 0 bridgehead atoms. The topological polar surface area (TPSA) is 60.9 Å². The van der Waals surface area contributed by atoms with Gasteiger partial charge in [-0.25, -0.2) is 18.2 Å². The molecule has 0 saturated carbocycles. The van der Waals surface area contributed by atoms with Crippen molar-refractivity contribution in [3.63, 3.8) is 0 Å². The van der Waals surface area contributed by atoms with E-state index in [0.29, 0.717) is 30.7 Å². The van der Waals surface area contributed by atoms with Crippen molar-refractivity contribution < 1.29 is 13.2 Å². The number of nitrogens with two attached hydrogens (primary N) is 1. The average Bonchev–Trinajstić information content (AvgIpc) is 2.59. The van der Waals surface area contributed by atoms with Crippen molar-refractivity contribution in [1.82, 2.24) is 9.55 Å². The van der Waals surface area contributed by atoms with Gasteiger partial charge in [-0.3, -0.25) is 9.36 Å². The Hall–Kier alpha value is -2.38. The van der Waals surface area contributed by atoms with Crippen LogP contribution >= 0.6 is 11.6 Å². The third-order valence-corrected chi connectivity index (χ3v) is 4.25. The molecule has 26 heavy (non-hydrogen) atoms. The molecule has 8 heteroatoms. The van der Waals surface area contributed by atoms with Crippen LogP contribution in [0.15, 0.2) is 41.2 Å². The van der Waals surface area contributed by atoms with Crippen LogP contribution in [0.1, 0.15) is 24.2 Å². The Morgan fingerprint density at radius 3 is 2.69 bits per heavy atom. The maximum absolute atomic E-state index is 13.9. The van der Waals surface area contributed by atoms with Crippen molar-refractivity contribution in [3.8, 4) is 5.69 Å². The van der Waals surface area contributed by atoms with E-state index in [1.54, 1.807) is 12.1 Å². The van der Waals surface area contributed by atoms with Gasteiger partial charge in [-0.15, -0.1) is 0 Å². The molecule has 0 radical (unpaired) electrons. The smallest absolute Gasteiger partial charge is 0.267 e.